The Hall–Kier alpha value is -2.08. The maximum atomic E-state index is 11.2. The van der Waals surface area contributed by atoms with E-state index in [4.69, 9.17) is 15.6 Å². The Morgan fingerprint density at radius 2 is 2.10 bits per heavy atom. The molecule has 3 N–H and O–H groups in total. The van der Waals surface area contributed by atoms with Crippen molar-refractivity contribution >= 4 is 17.6 Å². The van der Waals surface area contributed by atoms with E-state index in [1.165, 1.54) is 0 Å². The number of carbonyl (C=O) groups is 2. The van der Waals surface area contributed by atoms with Crippen molar-refractivity contribution < 1.29 is 19.4 Å². The summed E-state index contributed by atoms with van der Waals surface area (Å²) in [5, 5.41) is 8.62. The van der Waals surface area contributed by atoms with E-state index in [0.29, 0.717) is 18.7 Å². The first kappa shape index (κ1) is 14.3. The van der Waals surface area contributed by atoms with Gasteiger partial charge in [0.15, 0.2) is 0 Å². The molecule has 1 saturated heterocycles. The van der Waals surface area contributed by atoms with Crippen LogP contribution in [0.2, 0.25) is 0 Å². The Balaban J connectivity index is 2.00. The predicted octanol–water partition coefficient (Wildman–Crippen LogP) is 0.774. The van der Waals surface area contributed by atoms with Gasteiger partial charge in [0.2, 0.25) is 5.91 Å². The maximum Gasteiger partial charge on any atom is 0.329 e. The van der Waals surface area contributed by atoms with Gasteiger partial charge in [-0.2, -0.15) is 0 Å². The van der Waals surface area contributed by atoms with E-state index in [-0.39, 0.29) is 6.61 Å². The van der Waals surface area contributed by atoms with Gasteiger partial charge in [0.1, 0.15) is 12.2 Å². The average Bonchev–Trinajstić information content (AvgIpc) is 2.32. The number of benzene rings is 1. The molecular weight excluding hydrogens is 260 g/mol. The van der Waals surface area contributed by atoms with Gasteiger partial charge in [-0.15, -0.1) is 0 Å². The van der Waals surface area contributed by atoms with Gasteiger partial charge in [-0.25, -0.2) is 4.79 Å². The SMILES string of the molecule is Cc1cc(N2CC(C)(OCC(=O)O)C2)ccc1C(N)=O. The Morgan fingerprint density at radius 3 is 2.60 bits per heavy atom. The lowest BCUT2D eigenvalue weighted by molar-refractivity contribution is -0.150. The number of ether oxygens (including phenoxy) is 1. The van der Waals surface area contributed by atoms with E-state index in [1.807, 2.05) is 26.0 Å². The number of amides is 1. The zero-order chi connectivity index (χ0) is 14.9. The van der Waals surface area contributed by atoms with Gasteiger partial charge in [-0.1, -0.05) is 0 Å². The quantitative estimate of drug-likeness (QED) is 0.830. The number of hydrogen-bond donors (Lipinski definition) is 2. The summed E-state index contributed by atoms with van der Waals surface area (Å²) in [6.07, 6.45) is 0. The third-order valence-electron chi connectivity index (χ3n) is 3.44. The van der Waals surface area contributed by atoms with Crippen molar-refractivity contribution in [3.05, 3.63) is 29.3 Å². The van der Waals surface area contributed by atoms with Crippen molar-refractivity contribution in [2.24, 2.45) is 5.73 Å². The predicted molar refractivity (Wildman–Crippen MR) is 73.9 cm³/mol. The van der Waals surface area contributed by atoms with E-state index in [2.05, 4.69) is 4.90 Å². The molecule has 0 aliphatic carbocycles. The minimum absolute atomic E-state index is 0.288. The Labute approximate surface area is 117 Å². The average molecular weight is 278 g/mol. The molecular formula is C14H18N2O4. The zero-order valence-corrected chi connectivity index (χ0v) is 11.5. The highest BCUT2D eigenvalue weighted by Crippen LogP contribution is 2.31. The first-order valence-corrected chi connectivity index (χ1v) is 6.32. The number of carboxylic acid groups (broad SMARTS) is 1. The summed E-state index contributed by atoms with van der Waals surface area (Å²) in [6.45, 7) is 4.68. The molecule has 2 rings (SSSR count). The van der Waals surface area contributed by atoms with E-state index >= 15 is 0 Å². The molecule has 1 heterocycles. The van der Waals surface area contributed by atoms with Gasteiger partial charge < -0.3 is 20.5 Å². The molecule has 6 nitrogen and oxygen atoms in total. The number of nitrogens with zero attached hydrogens (tertiary/aromatic N) is 1. The second-order valence-corrected chi connectivity index (χ2v) is 5.35. The fourth-order valence-electron chi connectivity index (χ4n) is 2.39. The molecule has 1 aromatic carbocycles. The van der Waals surface area contributed by atoms with Crippen LogP contribution in [0.4, 0.5) is 5.69 Å². The zero-order valence-electron chi connectivity index (χ0n) is 11.5. The maximum absolute atomic E-state index is 11.2. The van der Waals surface area contributed by atoms with Crippen molar-refractivity contribution in [3.8, 4) is 0 Å². The monoisotopic (exact) mass is 278 g/mol. The van der Waals surface area contributed by atoms with Crippen molar-refractivity contribution in [2.75, 3.05) is 24.6 Å². The van der Waals surface area contributed by atoms with Gasteiger partial charge in [0, 0.05) is 24.3 Å². The minimum atomic E-state index is -0.966. The molecule has 0 radical (unpaired) electrons. The molecule has 0 atom stereocenters. The van der Waals surface area contributed by atoms with E-state index in [9.17, 15) is 9.59 Å². The number of aryl methyl sites for hydroxylation is 1. The first-order valence-electron chi connectivity index (χ1n) is 6.32. The molecule has 0 aromatic heterocycles. The van der Waals surface area contributed by atoms with E-state index in [1.54, 1.807) is 6.07 Å². The topological polar surface area (TPSA) is 92.9 Å². The third kappa shape index (κ3) is 2.91. The summed E-state index contributed by atoms with van der Waals surface area (Å²) in [7, 11) is 0. The third-order valence-corrected chi connectivity index (χ3v) is 3.44. The number of rotatable bonds is 5. The molecule has 0 spiro atoms. The number of carboxylic acids is 1. The number of carbonyl (C=O) groups excluding carboxylic acids is 1. The molecule has 1 aromatic rings. The molecule has 20 heavy (non-hydrogen) atoms. The standard InChI is InChI=1S/C14H18N2O4/c1-9-5-10(3-4-11(9)13(15)19)16-7-14(2,8-16)20-6-12(17)18/h3-5H,6-8H2,1-2H3,(H2,15,19)(H,17,18). The highest BCUT2D eigenvalue weighted by atomic mass is 16.5. The first-order chi connectivity index (χ1) is 9.31. The normalized spacial score (nSPS) is 16.6. The summed E-state index contributed by atoms with van der Waals surface area (Å²) in [6, 6.07) is 5.45. The number of aliphatic carboxylic acids is 1. The molecule has 1 fully saturated rings. The molecule has 0 saturated carbocycles. The van der Waals surface area contributed by atoms with Crippen molar-refractivity contribution in [3.63, 3.8) is 0 Å². The van der Waals surface area contributed by atoms with Crippen LogP contribution in [-0.4, -0.2) is 42.3 Å². The highest BCUT2D eigenvalue weighted by molar-refractivity contribution is 5.94. The molecule has 1 aliphatic heterocycles. The lowest BCUT2D eigenvalue weighted by atomic mass is 9.94. The Kier molecular flexibility index (Phi) is 3.67. The van der Waals surface area contributed by atoms with Gasteiger partial charge in [0.25, 0.3) is 0 Å². The molecule has 6 heteroatoms. The summed E-state index contributed by atoms with van der Waals surface area (Å²) >= 11 is 0. The second-order valence-electron chi connectivity index (χ2n) is 5.35. The van der Waals surface area contributed by atoms with Crippen molar-refractivity contribution in [2.45, 2.75) is 19.4 Å². The van der Waals surface area contributed by atoms with Crippen LogP contribution in [0.1, 0.15) is 22.8 Å². The summed E-state index contributed by atoms with van der Waals surface area (Å²) in [4.78, 5) is 23.7. The number of hydrogen-bond acceptors (Lipinski definition) is 4. The van der Waals surface area contributed by atoms with Gasteiger partial charge >= 0.3 is 5.97 Å². The van der Waals surface area contributed by atoms with E-state index in [0.717, 1.165) is 11.3 Å². The smallest absolute Gasteiger partial charge is 0.329 e. The number of primary amides is 1. The van der Waals surface area contributed by atoms with Crippen LogP contribution in [-0.2, 0) is 9.53 Å². The minimum Gasteiger partial charge on any atom is -0.480 e. The largest absolute Gasteiger partial charge is 0.480 e. The van der Waals surface area contributed by atoms with Gasteiger partial charge in [-0.05, 0) is 37.6 Å². The van der Waals surface area contributed by atoms with Gasteiger partial charge in [0.05, 0.1) is 0 Å². The van der Waals surface area contributed by atoms with Gasteiger partial charge in [-0.3, -0.25) is 4.79 Å². The number of nitrogens with two attached hydrogens (primary N) is 1. The Bertz CT molecular complexity index is 550. The van der Waals surface area contributed by atoms with Crippen LogP contribution in [0.25, 0.3) is 0 Å². The fourth-order valence-corrected chi connectivity index (χ4v) is 2.39. The van der Waals surface area contributed by atoms with Crippen molar-refractivity contribution in [1.82, 2.24) is 0 Å². The van der Waals surface area contributed by atoms with Crippen molar-refractivity contribution in [1.29, 1.82) is 0 Å². The second kappa shape index (κ2) is 5.13. The van der Waals surface area contributed by atoms with Crippen LogP contribution in [0, 0.1) is 6.92 Å². The molecule has 1 amide bonds. The summed E-state index contributed by atoms with van der Waals surface area (Å²) in [5.41, 5.74) is 7.15. The van der Waals surface area contributed by atoms with Crippen LogP contribution in [0.3, 0.4) is 0 Å². The molecule has 108 valence electrons. The molecule has 0 bridgehead atoms. The molecule has 1 aliphatic rings. The molecule has 0 unspecified atom stereocenters. The lowest BCUT2D eigenvalue weighted by Crippen LogP contribution is -2.62. The summed E-state index contributed by atoms with van der Waals surface area (Å²) in [5.74, 6) is -1.40. The number of anilines is 1. The van der Waals surface area contributed by atoms with E-state index < -0.39 is 17.5 Å². The summed E-state index contributed by atoms with van der Waals surface area (Å²) < 4.78 is 5.36. The fraction of sp³-hybridized carbons (Fsp3) is 0.429. The Morgan fingerprint density at radius 1 is 1.45 bits per heavy atom. The van der Waals surface area contributed by atoms with Crippen LogP contribution in [0.5, 0.6) is 0 Å². The lowest BCUT2D eigenvalue weighted by Gasteiger charge is -2.48. The van der Waals surface area contributed by atoms with Crippen LogP contribution < -0.4 is 10.6 Å². The van der Waals surface area contributed by atoms with Crippen LogP contribution >= 0.6 is 0 Å². The van der Waals surface area contributed by atoms with Crippen LogP contribution in [0.15, 0.2) is 18.2 Å². The highest BCUT2D eigenvalue weighted by Gasteiger charge is 2.40.